The van der Waals surface area contributed by atoms with Gasteiger partial charge in [-0.15, -0.1) is 0 Å². The highest BCUT2D eigenvalue weighted by Gasteiger charge is 2.39. The number of halogens is 1. The number of amides is 3. The minimum atomic E-state index is -0.632. The van der Waals surface area contributed by atoms with Crippen LogP contribution in [0.4, 0.5) is 4.39 Å². The van der Waals surface area contributed by atoms with E-state index in [0.717, 1.165) is 36.2 Å². The Morgan fingerprint density at radius 3 is 2.86 bits per heavy atom. The fourth-order valence-corrected chi connectivity index (χ4v) is 5.34. The zero-order valence-corrected chi connectivity index (χ0v) is 19.6. The van der Waals surface area contributed by atoms with Crippen LogP contribution in [0.5, 0.6) is 5.75 Å². The third-order valence-corrected chi connectivity index (χ3v) is 7.18. The molecule has 184 valence electrons. The molecule has 2 atom stereocenters. The van der Waals surface area contributed by atoms with Gasteiger partial charge in [0, 0.05) is 55.1 Å². The average Bonchev–Trinajstić information content (AvgIpc) is 3.43. The van der Waals surface area contributed by atoms with Gasteiger partial charge in [0.25, 0.3) is 5.91 Å². The minimum Gasteiger partial charge on any atom is -0.489 e. The maximum Gasteiger partial charge on any atom is 0.255 e. The molecule has 3 aliphatic rings. The van der Waals surface area contributed by atoms with Crippen molar-refractivity contribution in [2.75, 3.05) is 13.1 Å². The lowest BCUT2D eigenvalue weighted by atomic mass is 10.0. The first-order valence-corrected chi connectivity index (χ1v) is 12.1. The molecule has 2 saturated heterocycles. The molecule has 2 fully saturated rings. The molecule has 3 aliphatic heterocycles. The van der Waals surface area contributed by atoms with E-state index in [9.17, 15) is 18.8 Å². The Hall–Kier alpha value is -3.85. The van der Waals surface area contributed by atoms with Crippen molar-refractivity contribution < 1.29 is 23.5 Å². The van der Waals surface area contributed by atoms with Crippen molar-refractivity contribution in [1.82, 2.24) is 20.1 Å². The number of likely N-dealkylation sites (tertiary alicyclic amines) is 1. The van der Waals surface area contributed by atoms with Gasteiger partial charge in [-0.3, -0.25) is 29.6 Å². The van der Waals surface area contributed by atoms with Crippen molar-refractivity contribution in [1.29, 1.82) is 0 Å². The van der Waals surface area contributed by atoms with E-state index in [4.69, 9.17) is 4.74 Å². The van der Waals surface area contributed by atoms with Crippen LogP contribution in [0, 0.1) is 5.82 Å². The lowest BCUT2D eigenvalue weighted by molar-refractivity contribution is -0.136. The lowest BCUT2D eigenvalue weighted by Crippen LogP contribution is -2.52. The summed E-state index contributed by atoms with van der Waals surface area (Å²) in [5.41, 5.74) is 2.20. The van der Waals surface area contributed by atoms with Gasteiger partial charge in [0.05, 0.1) is 5.69 Å². The Balaban J connectivity index is 1.09. The van der Waals surface area contributed by atoms with Gasteiger partial charge in [0.2, 0.25) is 11.8 Å². The lowest BCUT2D eigenvalue weighted by Gasteiger charge is -2.29. The number of aromatic nitrogens is 1. The minimum absolute atomic E-state index is 0.0106. The number of hydrogen-bond acceptors (Lipinski definition) is 6. The van der Waals surface area contributed by atoms with Crippen LogP contribution in [-0.2, 0) is 22.7 Å². The molecule has 4 heterocycles. The number of piperidine rings is 1. The second-order valence-electron chi connectivity index (χ2n) is 9.62. The molecule has 1 aromatic heterocycles. The van der Waals surface area contributed by atoms with E-state index >= 15 is 0 Å². The van der Waals surface area contributed by atoms with E-state index in [0.29, 0.717) is 36.2 Å². The molecular weight excluding hydrogens is 463 g/mol. The number of carbonyl (C=O) groups excluding carboxylic acids is 3. The number of nitrogens with zero attached hydrogens (tertiary/aromatic N) is 3. The number of nitrogens with one attached hydrogen (secondary N) is 1. The SMILES string of the molecule is O=C1CCC(N2Cc3cc(O[C@H]4CCN(Cc5cc6c(F)cccc6cn5)C4)ccc3C2=O)C(=O)N1. The normalized spacial score (nSPS) is 22.2. The smallest absolute Gasteiger partial charge is 0.255 e. The van der Waals surface area contributed by atoms with E-state index in [1.807, 2.05) is 18.2 Å². The number of hydrogen-bond donors (Lipinski definition) is 1. The van der Waals surface area contributed by atoms with Crippen molar-refractivity contribution in [2.24, 2.45) is 0 Å². The highest BCUT2D eigenvalue weighted by Crippen LogP contribution is 2.31. The molecule has 8 nitrogen and oxygen atoms in total. The molecular formula is C27H25FN4O4. The third kappa shape index (κ3) is 4.19. The number of imide groups is 1. The summed E-state index contributed by atoms with van der Waals surface area (Å²) in [6, 6.07) is 11.6. The Morgan fingerprint density at radius 1 is 1.11 bits per heavy atom. The largest absolute Gasteiger partial charge is 0.489 e. The number of rotatable bonds is 5. The van der Waals surface area contributed by atoms with E-state index < -0.39 is 11.9 Å². The Kier molecular flexibility index (Phi) is 5.64. The molecule has 2 aromatic carbocycles. The summed E-state index contributed by atoms with van der Waals surface area (Å²) >= 11 is 0. The van der Waals surface area contributed by atoms with Crippen molar-refractivity contribution in [3.05, 3.63) is 71.3 Å². The Labute approximate surface area is 207 Å². The quantitative estimate of drug-likeness (QED) is 0.556. The van der Waals surface area contributed by atoms with E-state index in [2.05, 4.69) is 15.2 Å². The number of ether oxygens (including phenoxy) is 1. The standard InChI is InChI=1S/C27H25FN4O4/c28-23-3-1-2-16-12-29-18(11-22(16)23)14-31-9-8-20(15-31)36-19-4-5-21-17(10-19)13-32(27(21)35)24-6-7-25(33)30-26(24)34/h1-5,10-12,20,24H,6-9,13-15H2,(H,30,33,34)/t20-,24?/m0/s1. The predicted octanol–water partition coefficient (Wildman–Crippen LogP) is 2.79. The monoisotopic (exact) mass is 488 g/mol. The van der Waals surface area contributed by atoms with Crippen LogP contribution in [0.1, 0.15) is 40.9 Å². The summed E-state index contributed by atoms with van der Waals surface area (Å²) in [5.74, 6) is -0.476. The molecule has 0 aliphatic carbocycles. The van der Waals surface area contributed by atoms with Crippen molar-refractivity contribution in [3.8, 4) is 5.75 Å². The van der Waals surface area contributed by atoms with Crippen LogP contribution >= 0.6 is 0 Å². The number of benzene rings is 2. The van der Waals surface area contributed by atoms with Crippen LogP contribution in [0.3, 0.4) is 0 Å². The van der Waals surface area contributed by atoms with Crippen molar-refractivity contribution in [2.45, 2.75) is 44.5 Å². The highest BCUT2D eigenvalue weighted by molar-refractivity contribution is 6.05. The Bertz CT molecular complexity index is 1390. The summed E-state index contributed by atoms with van der Waals surface area (Å²) in [4.78, 5) is 44.9. The average molecular weight is 489 g/mol. The highest BCUT2D eigenvalue weighted by atomic mass is 19.1. The van der Waals surface area contributed by atoms with Gasteiger partial charge in [-0.25, -0.2) is 4.39 Å². The predicted molar refractivity (Wildman–Crippen MR) is 128 cm³/mol. The van der Waals surface area contributed by atoms with E-state index in [-0.39, 0.29) is 30.2 Å². The van der Waals surface area contributed by atoms with Gasteiger partial charge in [0.15, 0.2) is 0 Å². The molecule has 3 amide bonds. The maximum atomic E-state index is 14.1. The number of carbonyl (C=O) groups is 3. The topological polar surface area (TPSA) is 91.8 Å². The first kappa shape index (κ1) is 22.6. The Morgan fingerprint density at radius 2 is 2.00 bits per heavy atom. The van der Waals surface area contributed by atoms with Gasteiger partial charge in [-0.05, 0) is 48.7 Å². The summed E-state index contributed by atoms with van der Waals surface area (Å²) in [7, 11) is 0. The fourth-order valence-electron chi connectivity index (χ4n) is 5.34. The second kappa shape index (κ2) is 8.98. The fraction of sp³-hybridized carbons (Fsp3) is 0.333. The van der Waals surface area contributed by atoms with Crippen molar-refractivity contribution >= 4 is 28.5 Å². The van der Waals surface area contributed by atoms with Gasteiger partial charge in [-0.2, -0.15) is 0 Å². The summed E-state index contributed by atoms with van der Waals surface area (Å²) in [6.07, 6.45) is 3.11. The van der Waals surface area contributed by atoms with Crippen molar-refractivity contribution in [3.63, 3.8) is 0 Å². The number of fused-ring (bicyclic) bond motifs is 2. The van der Waals surface area contributed by atoms with E-state index in [1.54, 1.807) is 24.4 Å². The first-order valence-electron chi connectivity index (χ1n) is 12.1. The van der Waals surface area contributed by atoms with Crippen LogP contribution in [-0.4, -0.2) is 57.7 Å². The molecule has 1 N–H and O–H groups in total. The first-order chi connectivity index (χ1) is 17.4. The molecule has 3 aromatic rings. The molecule has 0 bridgehead atoms. The summed E-state index contributed by atoms with van der Waals surface area (Å²) in [5, 5.41) is 3.68. The number of pyridine rings is 1. The zero-order chi connectivity index (χ0) is 24.8. The van der Waals surface area contributed by atoms with Crippen LogP contribution < -0.4 is 10.1 Å². The van der Waals surface area contributed by atoms with Crippen LogP contribution in [0.2, 0.25) is 0 Å². The molecule has 9 heteroatoms. The van der Waals surface area contributed by atoms with Gasteiger partial charge in [0.1, 0.15) is 23.7 Å². The molecule has 0 saturated carbocycles. The summed E-state index contributed by atoms with van der Waals surface area (Å²) < 4.78 is 20.4. The van der Waals surface area contributed by atoms with Gasteiger partial charge < -0.3 is 9.64 Å². The van der Waals surface area contributed by atoms with Gasteiger partial charge >= 0.3 is 0 Å². The molecule has 6 rings (SSSR count). The summed E-state index contributed by atoms with van der Waals surface area (Å²) in [6.45, 7) is 2.49. The van der Waals surface area contributed by atoms with Crippen LogP contribution in [0.15, 0.2) is 48.7 Å². The zero-order valence-electron chi connectivity index (χ0n) is 19.6. The van der Waals surface area contributed by atoms with Gasteiger partial charge in [-0.1, -0.05) is 12.1 Å². The third-order valence-electron chi connectivity index (χ3n) is 7.18. The molecule has 0 radical (unpaired) electrons. The molecule has 1 unspecified atom stereocenters. The maximum absolute atomic E-state index is 14.1. The molecule has 36 heavy (non-hydrogen) atoms. The molecule has 0 spiro atoms. The van der Waals surface area contributed by atoms with E-state index in [1.165, 1.54) is 11.0 Å². The second-order valence-corrected chi connectivity index (χ2v) is 9.62. The van der Waals surface area contributed by atoms with Crippen LogP contribution in [0.25, 0.3) is 10.8 Å².